The van der Waals surface area contributed by atoms with Gasteiger partial charge in [-0.2, -0.15) is 0 Å². The lowest BCUT2D eigenvalue weighted by molar-refractivity contribution is -0.122. The van der Waals surface area contributed by atoms with Crippen LogP contribution in [0.1, 0.15) is 44.5 Å². The van der Waals surface area contributed by atoms with Crippen molar-refractivity contribution in [2.75, 3.05) is 31.2 Å². The van der Waals surface area contributed by atoms with Crippen LogP contribution >= 0.6 is 11.6 Å². The van der Waals surface area contributed by atoms with Gasteiger partial charge in [0.15, 0.2) is 17.2 Å². The number of furan rings is 1. The molecule has 0 radical (unpaired) electrons. The monoisotopic (exact) mass is 601 g/mol. The van der Waals surface area contributed by atoms with E-state index in [9.17, 15) is 13.6 Å². The quantitative estimate of drug-likeness (QED) is 0.234. The smallest absolute Gasteiger partial charge is 0.326 e. The molecule has 2 aliphatic rings. The first-order valence-electron chi connectivity index (χ1n) is 13.6. The van der Waals surface area contributed by atoms with Crippen LogP contribution in [0.2, 0.25) is 5.02 Å². The fraction of sp³-hybridized carbons (Fsp3) is 0.379. The van der Waals surface area contributed by atoms with Gasteiger partial charge in [-0.15, -0.1) is 0 Å². The zero-order valence-corrected chi connectivity index (χ0v) is 23.6. The van der Waals surface area contributed by atoms with Crippen molar-refractivity contribution in [1.29, 1.82) is 0 Å². The predicted octanol–water partition coefficient (Wildman–Crippen LogP) is 6.20. The molecule has 5 aromatic rings. The highest BCUT2D eigenvalue weighted by atomic mass is 35.5. The SMILES string of the molecule is C[C@H]1COCCC1n1c(=O)[nH]c2c(Cl)cccc21.FC(F)c1nc(N2CCCC2)c2oc3ccccc3c2n1.O=CO. The molecule has 222 valence electrons. The first-order chi connectivity index (χ1) is 20.3. The van der Waals surface area contributed by atoms with E-state index in [2.05, 4.69) is 21.9 Å². The van der Waals surface area contributed by atoms with Gasteiger partial charge in [-0.25, -0.2) is 23.5 Å². The number of halogens is 3. The molecular formula is C29H30ClF2N5O5. The maximum Gasteiger partial charge on any atom is 0.326 e. The summed E-state index contributed by atoms with van der Waals surface area (Å²) in [6.45, 7) is 4.89. The summed E-state index contributed by atoms with van der Waals surface area (Å²) in [6, 6.07) is 13.1. The number of fused-ring (bicyclic) bond motifs is 4. The van der Waals surface area contributed by atoms with E-state index in [0.29, 0.717) is 46.7 Å². The third-order valence-corrected chi connectivity index (χ3v) is 7.76. The number of hydrogen-bond acceptors (Lipinski definition) is 7. The fourth-order valence-electron chi connectivity index (χ4n) is 5.53. The first-order valence-corrected chi connectivity index (χ1v) is 14.0. The minimum atomic E-state index is -2.69. The van der Waals surface area contributed by atoms with Crippen molar-refractivity contribution in [1.82, 2.24) is 19.5 Å². The Kier molecular flexibility index (Phi) is 9.03. The molecule has 2 N–H and O–H groups in total. The molecule has 1 unspecified atom stereocenters. The number of nitrogens with zero attached hydrogens (tertiary/aromatic N) is 4. The summed E-state index contributed by atoms with van der Waals surface area (Å²) < 4.78 is 39.3. The summed E-state index contributed by atoms with van der Waals surface area (Å²) in [5.41, 5.74) is 3.14. The highest BCUT2D eigenvalue weighted by Crippen LogP contribution is 2.35. The minimum absolute atomic E-state index is 0.0862. The van der Waals surface area contributed by atoms with Crippen molar-refractivity contribution in [3.63, 3.8) is 0 Å². The number of carbonyl (C=O) groups is 1. The highest BCUT2D eigenvalue weighted by Gasteiger charge is 2.27. The van der Waals surface area contributed by atoms with Crippen molar-refractivity contribution in [3.05, 3.63) is 63.8 Å². The van der Waals surface area contributed by atoms with Crippen molar-refractivity contribution < 1.29 is 27.8 Å². The third kappa shape index (κ3) is 5.82. The van der Waals surface area contributed by atoms with E-state index < -0.39 is 12.2 Å². The van der Waals surface area contributed by atoms with Crippen LogP contribution in [-0.2, 0) is 9.53 Å². The second-order valence-electron chi connectivity index (χ2n) is 10.1. The standard InChI is InChI=1S/C15H13F2N3O.C13H15ClN2O2.CH2O2/c16-13(17)14-18-11-9-5-1-2-6-10(9)21-12(11)15(19-14)20-7-3-4-8-20;1-8-7-18-6-5-10(8)16-11-4-2-3-9(14)12(11)15-13(16)17;2-1-3/h1-2,5-6,13H,3-4,7-8H2;2-4,8,10H,5-7H2,1H3,(H,15,17);1H,(H,2,3)/t;8-,10?;/m.0./s1. The van der Waals surface area contributed by atoms with Crippen LogP contribution in [-0.4, -0.2) is 57.4 Å². The molecule has 2 atom stereocenters. The van der Waals surface area contributed by atoms with E-state index in [0.717, 1.165) is 48.8 Å². The van der Waals surface area contributed by atoms with Gasteiger partial charge >= 0.3 is 5.69 Å². The molecule has 0 spiro atoms. The van der Waals surface area contributed by atoms with Crippen LogP contribution in [0.5, 0.6) is 0 Å². The number of alkyl halides is 2. The maximum atomic E-state index is 13.1. The lowest BCUT2D eigenvalue weighted by Gasteiger charge is -2.29. The lowest BCUT2D eigenvalue weighted by Crippen LogP contribution is -2.33. The summed E-state index contributed by atoms with van der Waals surface area (Å²) in [6.07, 6.45) is 0.246. The van der Waals surface area contributed by atoms with E-state index in [1.165, 1.54) is 0 Å². The van der Waals surface area contributed by atoms with Crippen molar-refractivity contribution >= 4 is 57.0 Å². The normalized spacial score (nSPS) is 18.6. The van der Waals surface area contributed by atoms with Crippen molar-refractivity contribution in [2.24, 2.45) is 5.92 Å². The predicted molar refractivity (Wildman–Crippen MR) is 156 cm³/mol. The van der Waals surface area contributed by atoms with Crippen LogP contribution in [0.15, 0.2) is 51.7 Å². The number of ether oxygens (including phenoxy) is 1. The van der Waals surface area contributed by atoms with E-state index in [1.54, 1.807) is 6.07 Å². The molecule has 13 heteroatoms. The van der Waals surface area contributed by atoms with E-state index in [-0.39, 0.29) is 18.2 Å². The van der Waals surface area contributed by atoms with Gasteiger partial charge in [0.2, 0.25) is 0 Å². The number of aromatic nitrogens is 4. The Hall–Kier alpha value is -4.03. The van der Waals surface area contributed by atoms with Gasteiger partial charge in [0.1, 0.15) is 11.1 Å². The van der Waals surface area contributed by atoms with Crippen LogP contribution in [0.4, 0.5) is 14.6 Å². The molecule has 5 heterocycles. The van der Waals surface area contributed by atoms with E-state index >= 15 is 0 Å². The van der Waals surface area contributed by atoms with Gasteiger partial charge in [0.05, 0.1) is 22.7 Å². The molecule has 2 aromatic carbocycles. The summed E-state index contributed by atoms with van der Waals surface area (Å²) in [7, 11) is 0. The van der Waals surface area contributed by atoms with Gasteiger partial charge in [-0.1, -0.05) is 36.7 Å². The number of anilines is 1. The number of benzene rings is 2. The Morgan fingerprint density at radius 2 is 1.88 bits per heavy atom. The molecule has 3 aromatic heterocycles. The molecule has 2 fully saturated rings. The number of rotatable bonds is 3. The van der Waals surface area contributed by atoms with Crippen molar-refractivity contribution in [2.45, 2.75) is 38.7 Å². The van der Waals surface area contributed by atoms with Crippen LogP contribution in [0.3, 0.4) is 0 Å². The molecule has 2 aliphatic heterocycles. The molecule has 2 saturated heterocycles. The number of imidazole rings is 1. The summed E-state index contributed by atoms with van der Waals surface area (Å²) >= 11 is 6.11. The largest absolute Gasteiger partial charge is 0.483 e. The molecule has 42 heavy (non-hydrogen) atoms. The van der Waals surface area contributed by atoms with Gasteiger partial charge in [0, 0.05) is 37.0 Å². The van der Waals surface area contributed by atoms with Crippen LogP contribution in [0, 0.1) is 5.92 Å². The fourth-order valence-corrected chi connectivity index (χ4v) is 5.75. The maximum absolute atomic E-state index is 13.1. The topological polar surface area (TPSA) is 126 Å². The Balaban J connectivity index is 0.000000155. The molecule has 7 rings (SSSR count). The molecule has 0 bridgehead atoms. The van der Waals surface area contributed by atoms with Gasteiger partial charge in [-0.3, -0.25) is 9.36 Å². The average Bonchev–Trinajstić information content (AvgIpc) is 3.72. The molecule has 10 nitrogen and oxygen atoms in total. The number of aromatic amines is 1. The average molecular weight is 602 g/mol. The van der Waals surface area contributed by atoms with Crippen molar-refractivity contribution in [3.8, 4) is 0 Å². The molecule has 0 aliphatic carbocycles. The highest BCUT2D eigenvalue weighted by molar-refractivity contribution is 6.34. The minimum Gasteiger partial charge on any atom is -0.483 e. The van der Waals surface area contributed by atoms with Crippen LogP contribution < -0.4 is 10.6 Å². The van der Waals surface area contributed by atoms with Crippen LogP contribution in [0.25, 0.3) is 33.1 Å². The zero-order chi connectivity index (χ0) is 29.8. The molecule has 0 amide bonds. The molecular weight excluding hydrogens is 572 g/mol. The number of carboxylic acid groups (broad SMARTS) is 1. The summed E-state index contributed by atoms with van der Waals surface area (Å²) in [5.74, 6) is 0.384. The van der Waals surface area contributed by atoms with Gasteiger partial charge in [0.25, 0.3) is 12.9 Å². The Bertz CT molecular complexity index is 1750. The number of para-hydroxylation sites is 2. The van der Waals surface area contributed by atoms with E-state index in [4.69, 9.17) is 30.7 Å². The first kappa shape index (κ1) is 29.5. The molecule has 0 saturated carbocycles. The Labute approximate surface area is 243 Å². The number of nitrogens with one attached hydrogen (secondary N) is 1. The second-order valence-corrected chi connectivity index (χ2v) is 10.5. The van der Waals surface area contributed by atoms with Gasteiger partial charge < -0.3 is 24.1 Å². The number of H-pyrrole nitrogens is 1. The zero-order valence-electron chi connectivity index (χ0n) is 22.8. The Morgan fingerprint density at radius 1 is 1.14 bits per heavy atom. The third-order valence-electron chi connectivity index (χ3n) is 7.45. The summed E-state index contributed by atoms with van der Waals surface area (Å²) in [4.78, 5) is 33.4. The summed E-state index contributed by atoms with van der Waals surface area (Å²) in [5, 5.41) is 8.22. The van der Waals surface area contributed by atoms with E-state index in [1.807, 2.05) is 45.9 Å². The lowest BCUT2D eigenvalue weighted by atomic mass is 9.97. The Morgan fingerprint density at radius 3 is 2.60 bits per heavy atom. The number of hydrogen-bond donors (Lipinski definition) is 2. The second kappa shape index (κ2) is 12.9. The van der Waals surface area contributed by atoms with Gasteiger partial charge in [-0.05, 0) is 43.5 Å².